The summed E-state index contributed by atoms with van der Waals surface area (Å²) in [5.74, 6) is -0.285. The molecule has 0 aliphatic carbocycles. The number of rotatable bonds is 7. The number of ether oxygens (including phenoxy) is 2. The molecule has 0 aromatic heterocycles. The summed E-state index contributed by atoms with van der Waals surface area (Å²) in [6.45, 7) is 2.84. The monoisotopic (exact) mass is 389 g/mol. The van der Waals surface area contributed by atoms with E-state index in [9.17, 15) is 18.0 Å². The van der Waals surface area contributed by atoms with E-state index in [0.29, 0.717) is 25.3 Å². The number of likely N-dealkylation sites (N-methyl/N-ethyl adjacent to an activating group) is 1. The highest BCUT2D eigenvalue weighted by molar-refractivity contribution is 5.74. The molecule has 1 N–H and O–H groups in total. The Morgan fingerprint density at radius 3 is 2.37 bits per heavy atom. The molecule has 2 rings (SSSR count). The molecule has 1 fully saturated rings. The first kappa shape index (κ1) is 21.3. The lowest BCUT2D eigenvalue weighted by atomic mass is 10.1. The molecule has 1 aliphatic rings. The van der Waals surface area contributed by atoms with Crippen LogP contribution < -0.4 is 10.1 Å². The topological polar surface area (TPSA) is 54.0 Å². The molecule has 0 bridgehead atoms. The van der Waals surface area contributed by atoms with Crippen LogP contribution in [0.25, 0.3) is 0 Å². The molecule has 0 saturated carbocycles. The molecule has 1 aromatic rings. The van der Waals surface area contributed by atoms with Crippen molar-refractivity contribution >= 4 is 6.03 Å². The summed E-state index contributed by atoms with van der Waals surface area (Å²) in [5, 5.41) is 2.85. The minimum Gasteiger partial charge on any atom is -0.406 e. The first-order valence-electron chi connectivity index (χ1n) is 8.86. The van der Waals surface area contributed by atoms with Crippen molar-refractivity contribution in [2.24, 2.45) is 0 Å². The van der Waals surface area contributed by atoms with Crippen molar-refractivity contribution in [2.75, 3.05) is 40.4 Å². The predicted molar refractivity (Wildman–Crippen MR) is 94.5 cm³/mol. The van der Waals surface area contributed by atoms with E-state index in [-0.39, 0.29) is 24.4 Å². The van der Waals surface area contributed by atoms with Crippen LogP contribution in [0.2, 0.25) is 0 Å². The first-order valence-corrected chi connectivity index (χ1v) is 8.86. The standard InChI is InChI=1S/C18H26F3N3O3/c1-23(2)9-10-24(15-7-11-26-12-8-15)17(25)22-13-14-3-5-16(6-4-14)27-18(19,20)21/h3-6,15H,7-13H2,1-2H3,(H,22,25). The minimum absolute atomic E-state index is 0.126. The number of nitrogens with one attached hydrogen (secondary N) is 1. The molecule has 0 atom stereocenters. The number of amides is 2. The van der Waals surface area contributed by atoms with Gasteiger partial charge in [0.2, 0.25) is 0 Å². The Labute approximate surface area is 157 Å². The van der Waals surface area contributed by atoms with Crippen LogP contribution in [0.1, 0.15) is 18.4 Å². The maximum atomic E-state index is 12.7. The summed E-state index contributed by atoms with van der Waals surface area (Å²) in [4.78, 5) is 16.5. The number of halogens is 3. The van der Waals surface area contributed by atoms with Gasteiger partial charge in [0.15, 0.2) is 0 Å². The largest absolute Gasteiger partial charge is 0.573 e. The molecule has 27 heavy (non-hydrogen) atoms. The molecule has 0 spiro atoms. The zero-order valence-corrected chi connectivity index (χ0v) is 15.6. The average Bonchev–Trinajstić information content (AvgIpc) is 2.60. The number of carbonyl (C=O) groups is 1. The lowest BCUT2D eigenvalue weighted by Crippen LogP contribution is -2.50. The smallest absolute Gasteiger partial charge is 0.406 e. The van der Waals surface area contributed by atoms with Gasteiger partial charge in [0.05, 0.1) is 0 Å². The van der Waals surface area contributed by atoms with Gasteiger partial charge in [-0.25, -0.2) is 4.79 Å². The van der Waals surface area contributed by atoms with E-state index in [1.54, 1.807) is 0 Å². The van der Waals surface area contributed by atoms with Gasteiger partial charge in [-0.05, 0) is 44.6 Å². The Hall–Kier alpha value is -2.00. The normalized spacial score (nSPS) is 15.6. The van der Waals surface area contributed by atoms with Crippen LogP contribution in [-0.2, 0) is 11.3 Å². The van der Waals surface area contributed by atoms with Gasteiger partial charge < -0.3 is 24.6 Å². The van der Waals surface area contributed by atoms with Crippen molar-refractivity contribution in [3.8, 4) is 5.75 Å². The summed E-state index contributed by atoms with van der Waals surface area (Å²) in [5.41, 5.74) is 0.692. The quantitative estimate of drug-likeness (QED) is 0.779. The fourth-order valence-corrected chi connectivity index (χ4v) is 2.84. The Bertz CT molecular complexity index is 588. The fourth-order valence-electron chi connectivity index (χ4n) is 2.84. The van der Waals surface area contributed by atoms with Crippen LogP contribution in [-0.4, -0.2) is 68.6 Å². The van der Waals surface area contributed by atoms with Crippen molar-refractivity contribution in [1.29, 1.82) is 0 Å². The zero-order valence-electron chi connectivity index (χ0n) is 15.6. The zero-order chi connectivity index (χ0) is 19.9. The molecule has 152 valence electrons. The van der Waals surface area contributed by atoms with Crippen molar-refractivity contribution in [3.63, 3.8) is 0 Å². The molecule has 2 amide bonds. The number of carbonyl (C=O) groups excluding carboxylic acids is 1. The van der Waals surface area contributed by atoms with E-state index >= 15 is 0 Å². The van der Waals surface area contributed by atoms with E-state index in [1.807, 2.05) is 23.9 Å². The van der Waals surface area contributed by atoms with Crippen LogP contribution in [0.3, 0.4) is 0 Å². The van der Waals surface area contributed by atoms with E-state index in [4.69, 9.17) is 4.74 Å². The highest BCUT2D eigenvalue weighted by Gasteiger charge is 2.31. The maximum Gasteiger partial charge on any atom is 0.573 e. The highest BCUT2D eigenvalue weighted by Crippen LogP contribution is 2.22. The van der Waals surface area contributed by atoms with Crippen molar-refractivity contribution in [3.05, 3.63) is 29.8 Å². The van der Waals surface area contributed by atoms with Gasteiger partial charge in [-0.1, -0.05) is 12.1 Å². The van der Waals surface area contributed by atoms with E-state index < -0.39 is 6.36 Å². The van der Waals surface area contributed by atoms with Crippen molar-refractivity contribution in [2.45, 2.75) is 31.8 Å². The summed E-state index contributed by atoms with van der Waals surface area (Å²) < 4.78 is 45.8. The predicted octanol–water partition coefficient (Wildman–Crippen LogP) is 2.84. The van der Waals surface area contributed by atoms with Gasteiger partial charge in [-0.2, -0.15) is 0 Å². The third kappa shape index (κ3) is 7.64. The van der Waals surface area contributed by atoms with Crippen LogP contribution in [0.4, 0.5) is 18.0 Å². The SMILES string of the molecule is CN(C)CCN(C(=O)NCc1ccc(OC(F)(F)F)cc1)C1CCOCC1. The first-order chi connectivity index (χ1) is 12.7. The molecule has 1 heterocycles. The van der Waals surface area contributed by atoms with Gasteiger partial charge in [-0.15, -0.1) is 13.2 Å². The third-order valence-corrected chi connectivity index (χ3v) is 4.28. The van der Waals surface area contributed by atoms with Crippen molar-refractivity contribution < 1.29 is 27.4 Å². The maximum absolute atomic E-state index is 12.7. The van der Waals surface area contributed by atoms with E-state index in [1.165, 1.54) is 24.3 Å². The van der Waals surface area contributed by atoms with Crippen LogP contribution in [0, 0.1) is 0 Å². The number of nitrogens with zero attached hydrogens (tertiary/aromatic N) is 2. The molecular formula is C18H26F3N3O3. The Morgan fingerprint density at radius 2 is 1.81 bits per heavy atom. The molecule has 6 nitrogen and oxygen atoms in total. The van der Waals surface area contributed by atoms with Gasteiger partial charge in [0.25, 0.3) is 0 Å². The molecule has 1 aliphatic heterocycles. The van der Waals surface area contributed by atoms with Crippen molar-refractivity contribution in [1.82, 2.24) is 15.1 Å². The van der Waals surface area contributed by atoms with Gasteiger partial charge in [-0.3, -0.25) is 0 Å². The third-order valence-electron chi connectivity index (χ3n) is 4.28. The van der Waals surface area contributed by atoms with Crippen LogP contribution >= 0.6 is 0 Å². The molecular weight excluding hydrogens is 363 g/mol. The lowest BCUT2D eigenvalue weighted by Gasteiger charge is -2.35. The summed E-state index contributed by atoms with van der Waals surface area (Å²) >= 11 is 0. The molecule has 0 unspecified atom stereocenters. The number of hydrogen-bond acceptors (Lipinski definition) is 4. The Morgan fingerprint density at radius 1 is 1.19 bits per heavy atom. The molecule has 9 heteroatoms. The van der Waals surface area contributed by atoms with E-state index in [2.05, 4.69) is 10.1 Å². The number of urea groups is 1. The van der Waals surface area contributed by atoms with Crippen LogP contribution in [0.15, 0.2) is 24.3 Å². The summed E-state index contributed by atoms with van der Waals surface area (Å²) in [7, 11) is 3.90. The Kier molecular flexibility index (Phi) is 7.73. The second kappa shape index (κ2) is 9.80. The summed E-state index contributed by atoms with van der Waals surface area (Å²) in [6, 6.07) is 5.41. The lowest BCUT2D eigenvalue weighted by molar-refractivity contribution is -0.274. The van der Waals surface area contributed by atoms with Gasteiger partial charge in [0.1, 0.15) is 5.75 Å². The molecule has 1 saturated heterocycles. The number of benzene rings is 1. The average molecular weight is 389 g/mol. The second-order valence-corrected chi connectivity index (χ2v) is 6.69. The van der Waals surface area contributed by atoms with Gasteiger partial charge in [0, 0.05) is 38.9 Å². The molecule has 0 radical (unpaired) electrons. The molecule has 1 aromatic carbocycles. The Balaban J connectivity index is 1.91. The van der Waals surface area contributed by atoms with E-state index in [0.717, 1.165) is 19.4 Å². The van der Waals surface area contributed by atoms with Gasteiger partial charge >= 0.3 is 12.4 Å². The van der Waals surface area contributed by atoms with Crippen LogP contribution in [0.5, 0.6) is 5.75 Å². The minimum atomic E-state index is -4.72. The number of hydrogen-bond donors (Lipinski definition) is 1. The second-order valence-electron chi connectivity index (χ2n) is 6.69. The fraction of sp³-hybridized carbons (Fsp3) is 0.611. The highest BCUT2D eigenvalue weighted by atomic mass is 19.4. The summed E-state index contributed by atoms with van der Waals surface area (Å²) in [6.07, 6.45) is -3.12. The number of alkyl halides is 3.